The molecular formula is C25H18Cl2O5. The maximum atomic E-state index is 13.2. The fourth-order valence-corrected chi connectivity index (χ4v) is 3.62. The maximum absolute atomic E-state index is 13.2. The molecule has 0 unspecified atom stereocenters. The van der Waals surface area contributed by atoms with Crippen molar-refractivity contribution in [3.05, 3.63) is 92.6 Å². The Morgan fingerprint density at radius 1 is 0.969 bits per heavy atom. The summed E-state index contributed by atoms with van der Waals surface area (Å²) in [4.78, 5) is 25.9. The first kappa shape index (κ1) is 21.9. The van der Waals surface area contributed by atoms with Crippen molar-refractivity contribution >= 4 is 40.0 Å². The second-order valence-corrected chi connectivity index (χ2v) is 7.72. The highest BCUT2D eigenvalue weighted by Gasteiger charge is 2.21. The Balaban J connectivity index is 1.72. The van der Waals surface area contributed by atoms with Crippen molar-refractivity contribution in [1.29, 1.82) is 0 Å². The molecule has 0 aliphatic rings. The lowest BCUT2D eigenvalue weighted by Crippen LogP contribution is -2.17. The van der Waals surface area contributed by atoms with Crippen LogP contribution in [0.4, 0.5) is 0 Å². The molecule has 4 aromatic rings. The standard InChI is InChI=1S/C25H18Cl2O5/c1-2-30-17-10-7-15(8-11-17)21(28)14-31-25-23(29)19-13-16(26)9-12-22(19)32-24(25)18-5-3-4-6-20(18)27/h3-13H,2,14H2,1H3. The first-order valence-corrected chi connectivity index (χ1v) is 10.6. The van der Waals surface area contributed by atoms with Crippen LogP contribution in [0.3, 0.4) is 0 Å². The lowest BCUT2D eigenvalue weighted by molar-refractivity contribution is 0.0920. The van der Waals surface area contributed by atoms with Crippen molar-refractivity contribution in [2.24, 2.45) is 0 Å². The van der Waals surface area contributed by atoms with Gasteiger partial charge in [0, 0.05) is 16.1 Å². The van der Waals surface area contributed by atoms with Gasteiger partial charge in [-0.2, -0.15) is 0 Å². The summed E-state index contributed by atoms with van der Waals surface area (Å²) in [7, 11) is 0. The zero-order valence-corrected chi connectivity index (χ0v) is 18.6. The summed E-state index contributed by atoms with van der Waals surface area (Å²) in [6.07, 6.45) is 0. The third kappa shape index (κ3) is 4.49. The van der Waals surface area contributed by atoms with Crippen LogP contribution in [-0.4, -0.2) is 19.0 Å². The minimum Gasteiger partial charge on any atom is -0.494 e. The Kier molecular flexibility index (Phi) is 6.49. The Morgan fingerprint density at radius 2 is 1.72 bits per heavy atom. The molecule has 0 aliphatic carbocycles. The van der Waals surface area contributed by atoms with E-state index in [1.807, 2.05) is 6.92 Å². The van der Waals surface area contributed by atoms with E-state index in [1.54, 1.807) is 60.7 Å². The van der Waals surface area contributed by atoms with E-state index in [0.29, 0.717) is 39.1 Å². The smallest absolute Gasteiger partial charge is 0.235 e. The van der Waals surface area contributed by atoms with Crippen molar-refractivity contribution in [3.8, 4) is 22.8 Å². The number of halogens is 2. The molecule has 5 nitrogen and oxygen atoms in total. The van der Waals surface area contributed by atoms with Crippen molar-refractivity contribution in [1.82, 2.24) is 0 Å². The average molecular weight is 469 g/mol. The number of fused-ring (bicyclic) bond motifs is 1. The van der Waals surface area contributed by atoms with Crippen LogP contribution in [0.5, 0.6) is 11.5 Å². The van der Waals surface area contributed by atoms with E-state index >= 15 is 0 Å². The van der Waals surface area contributed by atoms with E-state index < -0.39 is 5.43 Å². The number of rotatable bonds is 7. The molecule has 0 radical (unpaired) electrons. The third-order valence-electron chi connectivity index (χ3n) is 4.76. The van der Waals surface area contributed by atoms with Gasteiger partial charge in [-0.15, -0.1) is 0 Å². The van der Waals surface area contributed by atoms with Crippen LogP contribution < -0.4 is 14.9 Å². The summed E-state index contributed by atoms with van der Waals surface area (Å²) >= 11 is 12.4. The van der Waals surface area contributed by atoms with Gasteiger partial charge in [0.2, 0.25) is 11.2 Å². The Morgan fingerprint density at radius 3 is 2.44 bits per heavy atom. The Labute approximate surface area is 194 Å². The highest BCUT2D eigenvalue weighted by atomic mass is 35.5. The highest BCUT2D eigenvalue weighted by molar-refractivity contribution is 6.33. The van der Waals surface area contributed by atoms with E-state index in [2.05, 4.69) is 0 Å². The Hall–Kier alpha value is -3.28. The van der Waals surface area contributed by atoms with Crippen molar-refractivity contribution in [2.75, 3.05) is 13.2 Å². The number of Topliss-reactive ketones (excluding diaryl/α,β-unsaturated/α-hetero) is 1. The van der Waals surface area contributed by atoms with Gasteiger partial charge in [0.15, 0.2) is 18.2 Å². The number of ether oxygens (including phenoxy) is 2. The van der Waals surface area contributed by atoms with Gasteiger partial charge >= 0.3 is 0 Å². The minimum absolute atomic E-state index is 0.104. The van der Waals surface area contributed by atoms with Gasteiger partial charge in [-0.1, -0.05) is 35.3 Å². The molecule has 0 aliphatic heterocycles. The normalized spacial score (nSPS) is 10.8. The van der Waals surface area contributed by atoms with Gasteiger partial charge in [0.05, 0.1) is 17.0 Å². The second-order valence-electron chi connectivity index (χ2n) is 6.88. The first-order valence-electron chi connectivity index (χ1n) is 9.88. The van der Waals surface area contributed by atoms with Crippen molar-refractivity contribution in [3.63, 3.8) is 0 Å². The number of carbonyl (C=O) groups is 1. The average Bonchev–Trinajstić information content (AvgIpc) is 2.80. The molecule has 3 aromatic carbocycles. The second kappa shape index (κ2) is 9.47. The quantitative estimate of drug-likeness (QED) is 0.292. The van der Waals surface area contributed by atoms with Crippen LogP contribution in [0.2, 0.25) is 10.0 Å². The molecule has 0 bridgehead atoms. The maximum Gasteiger partial charge on any atom is 0.235 e. The predicted octanol–water partition coefficient (Wildman–Crippen LogP) is 6.43. The molecule has 0 fully saturated rings. The van der Waals surface area contributed by atoms with Gasteiger partial charge in [0.25, 0.3) is 0 Å². The first-order chi connectivity index (χ1) is 15.5. The van der Waals surface area contributed by atoms with Crippen LogP contribution in [-0.2, 0) is 0 Å². The summed E-state index contributed by atoms with van der Waals surface area (Å²) in [5.41, 5.74) is 0.801. The van der Waals surface area contributed by atoms with E-state index in [0.717, 1.165) is 0 Å². The molecule has 0 saturated heterocycles. The molecule has 0 amide bonds. The number of benzene rings is 3. The van der Waals surface area contributed by atoms with Crippen LogP contribution >= 0.6 is 23.2 Å². The van der Waals surface area contributed by atoms with Gasteiger partial charge in [-0.25, -0.2) is 0 Å². The summed E-state index contributed by atoms with van der Waals surface area (Å²) in [5.74, 6) is 0.406. The lowest BCUT2D eigenvalue weighted by Gasteiger charge is -2.12. The van der Waals surface area contributed by atoms with Crippen molar-refractivity contribution in [2.45, 2.75) is 6.92 Å². The molecule has 7 heteroatoms. The molecule has 0 N–H and O–H groups in total. The zero-order chi connectivity index (χ0) is 22.7. The fourth-order valence-electron chi connectivity index (χ4n) is 3.23. The Bertz CT molecular complexity index is 1340. The van der Waals surface area contributed by atoms with Crippen molar-refractivity contribution < 1.29 is 18.7 Å². The topological polar surface area (TPSA) is 65.7 Å². The summed E-state index contributed by atoms with van der Waals surface area (Å²) in [6, 6.07) is 18.4. The molecule has 4 rings (SSSR count). The van der Waals surface area contributed by atoms with Crippen LogP contribution in [0.15, 0.2) is 75.9 Å². The summed E-state index contributed by atoms with van der Waals surface area (Å²) in [5, 5.41) is 1.01. The molecule has 1 aromatic heterocycles. The number of ketones is 1. The van der Waals surface area contributed by atoms with Gasteiger partial charge < -0.3 is 13.9 Å². The molecular weight excluding hydrogens is 451 g/mol. The van der Waals surface area contributed by atoms with E-state index in [-0.39, 0.29) is 29.3 Å². The fraction of sp³-hybridized carbons (Fsp3) is 0.120. The van der Waals surface area contributed by atoms with Gasteiger partial charge in [0.1, 0.15) is 11.3 Å². The number of carbonyl (C=O) groups excluding carboxylic acids is 1. The van der Waals surface area contributed by atoms with E-state index in [4.69, 9.17) is 37.1 Å². The van der Waals surface area contributed by atoms with Gasteiger partial charge in [-0.3, -0.25) is 9.59 Å². The van der Waals surface area contributed by atoms with Crippen LogP contribution in [0, 0.1) is 0 Å². The SMILES string of the molecule is CCOc1ccc(C(=O)COc2c(-c3ccccc3Cl)oc3ccc(Cl)cc3c2=O)cc1. The van der Waals surface area contributed by atoms with E-state index in [9.17, 15) is 9.59 Å². The van der Waals surface area contributed by atoms with E-state index in [1.165, 1.54) is 6.07 Å². The largest absolute Gasteiger partial charge is 0.494 e. The molecule has 1 heterocycles. The zero-order valence-electron chi connectivity index (χ0n) is 17.1. The number of hydrogen-bond donors (Lipinski definition) is 0. The lowest BCUT2D eigenvalue weighted by atomic mass is 10.1. The van der Waals surface area contributed by atoms with Crippen LogP contribution in [0.25, 0.3) is 22.3 Å². The monoisotopic (exact) mass is 468 g/mol. The predicted molar refractivity (Wildman–Crippen MR) is 125 cm³/mol. The molecule has 32 heavy (non-hydrogen) atoms. The molecule has 0 spiro atoms. The minimum atomic E-state index is -0.442. The van der Waals surface area contributed by atoms with Gasteiger partial charge in [-0.05, 0) is 61.5 Å². The molecule has 0 saturated carbocycles. The highest BCUT2D eigenvalue weighted by Crippen LogP contribution is 2.35. The van der Waals surface area contributed by atoms with Crippen LogP contribution in [0.1, 0.15) is 17.3 Å². The third-order valence-corrected chi connectivity index (χ3v) is 5.33. The molecule has 162 valence electrons. The number of hydrogen-bond acceptors (Lipinski definition) is 5. The summed E-state index contributed by atoms with van der Waals surface area (Å²) < 4.78 is 17.1. The molecule has 0 atom stereocenters. The summed E-state index contributed by atoms with van der Waals surface area (Å²) in [6.45, 7) is 2.05.